The summed E-state index contributed by atoms with van der Waals surface area (Å²) in [4.78, 5) is 11.3. The second kappa shape index (κ2) is 9.62. The normalized spacial score (nSPS) is 8.44. The Hall–Kier alpha value is -0.290. The van der Waals surface area contributed by atoms with Crippen LogP contribution >= 0.6 is 0 Å². The third-order valence-corrected chi connectivity index (χ3v) is 1.89. The number of benzene rings is 2. The zero-order valence-corrected chi connectivity index (χ0v) is 8.50. The summed E-state index contributed by atoms with van der Waals surface area (Å²) in [5, 5.41) is 0. The van der Waals surface area contributed by atoms with E-state index in [1.807, 2.05) is 12.1 Å². The molecule has 0 aliphatic heterocycles. The number of para-hydroxylation sites is 2. The SMILES string of the molecule is O=C(Oc1ccccc1)Oc1ccccc1.[NaH].[NaH]. The van der Waals surface area contributed by atoms with Crippen LogP contribution in [0.4, 0.5) is 4.79 Å². The van der Waals surface area contributed by atoms with Gasteiger partial charge >= 0.3 is 65.3 Å². The first-order chi connectivity index (χ1) is 7.84. The molecular weight excluding hydrogens is 250 g/mol. The first kappa shape index (κ1) is 17.7. The Balaban J connectivity index is 0.00000144. The molecule has 2 aromatic carbocycles. The van der Waals surface area contributed by atoms with Crippen LogP contribution in [0.25, 0.3) is 0 Å². The van der Waals surface area contributed by atoms with Crippen molar-refractivity contribution >= 4 is 65.3 Å². The van der Waals surface area contributed by atoms with Crippen LogP contribution in [0.1, 0.15) is 0 Å². The molecule has 2 rings (SSSR count). The fraction of sp³-hybridized carbons (Fsp3) is 0. The fourth-order valence-corrected chi connectivity index (χ4v) is 1.19. The molecule has 0 spiro atoms. The molecule has 3 nitrogen and oxygen atoms in total. The van der Waals surface area contributed by atoms with Crippen LogP contribution in [0.5, 0.6) is 11.5 Å². The Bertz CT molecular complexity index is 417. The van der Waals surface area contributed by atoms with Gasteiger partial charge in [-0.1, -0.05) is 36.4 Å². The number of carbonyl (C=O) groups is 1. The van der Waals surface area contributed by atoms with E-state index in [4.69, 9.17) is 9.47 Å². The van der Waals surface area contributed by atoms with Crippen molar-refractivity contribution in [3.8, 4) is 11.5 Å². The number of hydrogen-bond donors (Lipinski definition) is 0. The monoisotopic (exact) mass is 262 g/mol. The third kappa shape index (κ3) is 6.05. The predicted octanol–water partition coefficient (Wildman–Crippen LogP) is 1.97. The minimum atomic E-state index is -0.739. The van der Waals surface area contributed by atoms with E-state index in [1.54, 1.807) is 48.5 Å². The van der Waals surface area contributed by atoms with E-state index in [-0.39, 0.29) is 59.1 Å². The van der Waals surface area contributed by atoms with E-state index in [9.17, 15) is 4.79 Å². The van der Waals surface area contributed by atoms with E-state index in [0.29, 0.717) is 11.5 Å². The van der Waals surface area contributed by atoms with Gasteiger partial charge in [-0.2, -0.15) is 0 Å². The van der Waals surface area contributed by atoms with Crippen molar-refractivity contribution in [2.75, 3.05) is 0 Å². The molecule has 0 bridgehead atoms. The summed E-state index contributed by atoms with van der Waals surface area (Å²) in [7, 11) is 0. The van der Waals surface area contributed by atoms with Gasteiger partial charge in [0.2, 0.25) is 0 Å². The van der Waals surface area contributed by atoms with Gasteiger partial charge < -0.3 is 9.47 Å². The van der Waals surface area contributed by atoms with Crippen LogP contribution in [0.2, 0.25) is 0 Å². The van der Waals surface area contributed by atoms with Crippen LogP contribution < -0.4 is 9.47 Å². The second-order valence-corrected chi connectivity index (χ2v) is 3.08. The quantitative estimate of drug-likeness (QED) is 0.471. The minimum absolute atomic E-state index is 0. The summed E-state index contributed by atoms with van der Waals surface area (Å²) < 4.78 is 9.91. The molecule has 0 aromatic heterocycles. The number of rotatable bonds is 2. The molecule has 0 fully saturated rings. The van der Waals surface area contributed by atoms with Crippen molar-refractivity contribution in [1.29, 1.82) is 0 Å². The van der Waals surface area contributed by atoms with Crippen molar-refractivity contribution in [3.63, 3.8) is 0 Å². The first-order valence-corrected chi connectivity index (χ1v) is 4.84. The molecule has 84 valence electrons. The fourth-order valence-electron chi connectivity index (χ4n) is 1.19. The summed E-state index contributed by atoms with van der Waals surface area (Å²) in [6, 6.07) is 17.6. The summed E-state index contributed by atoms with van der Waals surface area (Å²) in [6.07, 6.45) is -0.739. The molecule has 0 saturated carbocycles. The molecule has 18 heavy (non-hydrogen) atoms. The molecule has 0 aliphatic carbocycles. The van der Waals surface area contributed by atoms with E-state index < -0.39 is 6.16 Å². The Morgan fingerprint density at radius 2 is 1.00 bits per heavy atom. The molecule has 0 unspecified atom stereocenters. The number of carbonyl (C=O) groups excluding carboxylic acids is 1. The molecule has 2 aromatic rings. The van der Waals surface area contributed by atoms with E-state index in [2.05, 4.69) is 0 Å². The van der Waals surface area contributed by atoms with Crippen LogP contribution in [-0.4, -0.2) is 65.3 Å². The summed E-state index contributed by atoms with van der Waals surface area (Å²) in [6.45, 7) is 0. The Morgan fingerprint density at radius 3 is 1.33 bits per heavy atom. The van der Waals surface area contributed by atoms with E-state index >= 15 is 0 Å². The van der Waals surface area contributed by atoms with Crippen molar-refractivity contribution in [3.05, 3.63) is 60.7 Å². The standard InChI is InChI=1S/C13H10O3.2Na.2H/c14-13(15-11-7-3-1-4-8-11)16-12-9-5-2-6-10-12;;;;/h1-10H;;;;. The molecular formula is C13H12Na2O3. The van der Waals surface area contributed by atoms with Crippen molar-refractivity contribution < 1.29 is 14.3 Å². The van der Waals surface area contributed by atoms with E-state index in [1.165, 1.54) is 0 Å². The van der Waals surface area contributed by atoms with Gasteiger partial charge in [-0.05, 0) is 24.3 Å². The van der Waals surface area contributed by atoms with Gasteiger partial charge in [0.05, 0.1) is 0 Å². The third-order valence-electron chi connectivity index (χ3n) is 1.89. The van der Waals surface area contributed by atoms with Gasteiger partial charge in [-0.25, -0.2) is 4.79 Å². The zero-order chi connectivity index (χ0) is 11.2. The van der Waals surface area contributed by atoms with Gasteiger partial charge in [0, 0.05) is 0 Å². The summed E-state index contributed by atoms with van der Waals surface area (Å²) in [5.41, 5.74) is 0. The number of hydrogen-bond acceptors (Lipinski definition) is 3. The van der Waals surface area contributed by atoms with Crippen LogP contribution in [-0.2, 0) is 0 Å². The maximum absolute atomic E-state index is 11.3. The van der Waals surface area contributed by atoms with Crippen molar-refractivity contribution in [1.82, 2.24) is 0 Å². The Morgan fingerprint density at radius 1 is 0.667 bits per heavy atom. The molecule has 0 amide bonds. The van der Waals surface area contributed by atoms with Crippen LogP contribution in [0.15, 0.2) is 60.7 Å². The average molecular weight is 262 g/mol. The van der Waals surface area contributed by atoms with Crippen molar-refractivity contribution in [2.24, 2.45) is 0 Å². The topological polar surface area (TPSA) is 35.5 Å². The number of ether oxygens (including phenoxy) is 2. The summed E-state index contributed by atoms with van der Waals surface area (Å²) in [5.74, 6) is 0.923. The maximum atomic E-state index is 11.3. The van der Waals surface area contributed by atoms with E-state index in [0.717, 1.165) is 0 Å². The molecule has 5 heteroatoms. The summed E-state index contributed by atoms with van der Waals surface area (Å²) >= 11 is 0. The molecule has 0 aliphatic rings. The molecule has 0 N–H and O–H groups in total. The van der Waals surface area contributed by atoms with Gasteiger partial charge in [0.15, 0.2) is 0 Å². The zero-order valence-electron chi connectivity index (χ0n) is 8.50. The molecule has 0 atom stereocenters. The average Bonchev–Trinajstić information content (AvgIpc) is 2.31. The van der Waals surface area contributed by atoms with Crippen LogP contribution in [0, 0.1) is 0 Å². The predicted molar refractivity (Wildman–Crippen MR) is 73.8 cm³/mol. The van der Waals surface area contributed by atoms with Crippen LogP contribution in [0.3, 0.4) is 0 Å². The molecule has 0 radical (unpaired) electrons. The Kier molecular flexibility index (Phi) is 9.46. The first-order valence-electron chi connectivity index (χ1n) is 4.84. The molecule has 0 heterocycles. The van der Waals surface area contributed by atoms with Crippen molar-refractivity contribution in [2.45, 2.75) is 0 Å². The Labute approximate surface area is 150 Å². The van der Waals surface area contributed by atoms with Gasteiger partial charge in [0.1, 0.15) is 11.5 Å². The van der Waals surface area contributed by atoms with Gasteiger partial charge in [0.25, 0.3) is 0 Å². The second-order valence-electron chi connectivity index (χ2n) is 3.08. The van der Waals surface area contributed by atoms with Gasteiger partial charge in [-0.3, -0.25) is 0 Å². The van der Waals surface area contributed by atoms with Gasteiger partial charge in [-0.15, -0.1) is 0 Å². The molecule has 0 saturated heterocycles.